The summed E-state index contributed by atoms with van der Waals surface area (Å²) in [4.78, 5) is 19.9. The van der Waals surface area contributed by atoms with Gasteiger partial charge in [0.25, 0.3) is 21.7 Å². The first-order valence-electron chi connectivity index (χ1n) is 8.55. The molecule has 0 saturated carbocycles. The number of hydrogen-bond acceptors (Lipinski definition) is 11. The largest absolute Gasteiger partial charge is 1.00 e. The summed E-state index contributed by atoms with van der Waals surface area (Å²) < 4.78 is 101. The number of amides is 1. The summed E-state index contributed by atoms with van der Waals surface area (Å²) in [5.41, 5.74) is -1.94. The van der Waals surface area contributed by atoms with E-state index in [1.165, 1.54) is 0 Å². The van der Waals surface area contributed by atoms with Crippen molar-refractivity contribution in [1.29, 1.82) is 0 Å². The van der Waals surface area contributed by atoms with Crippen LogP contribution in [0.5, 0.6) is 0 Å². The molecule has 0 unspecified atom stereocenters. The number of hydrogen-bond donors (Lipinski definition) is 2. The Morgan fingerprint density at radius 2 is 1.35 bits per heavy atom. The van der Waals surface area contributed by atoms with Gasteiger partial charge < -0.3 is 14.4 Å². The van der Waals surface area contributed by atoms with E-state index in [-0.39, 0.29) is 99.4 Å². The van der Waals surface area contributed by atoms with Gasteiger partial charge in [0.05, 0.1) is 26.0 Å². The second kappa shape index (κ2) is 13.2. The zero-order valence-electron chi connectivity index (χ0n) is 19.2. The predicted molar refractivity (Wildman–Crippen MR) is 111 cm³/mol. The van der Waals surface area contributed by atoms with Gasteiger partial charge in [0.2, 0.25) is 0 Å². The van der Waals surface area contributed by atoms with Crippen molar-refractivity contribution in [2.45, 2.75) is 14.7 Å². The number of nitrogens with one attached hydrogen (secondary N) is 1. The first-order valence-corrected chi connectivity index (χ1v) is 12.8. The average Bonchev–Trinajstić information content (AvgIpc) is 2.70. The van der Waals surface area contributed by atoms with E-state index < -0.39 is 72.8 Å². The summed E-state index contributed by atoms with van der Waals surface area (Å²) >= 11 is 0. The molecule has 0 aliphatic rings. The van der Waals surface area contributed by atoms with E-state index in [9.17, 15) is 53.8 Å². The van der Waals surface area contributed by atoms with E-state index in [2.05, 4.69) is 5.32 Å². The molecule has 14 nitrogen and oxygen atoms in total. The number of non-ortho nitro benzene ring substituents is 1. The number of fused-ring (bicyclic) bond motifs is 1. The molecule has 0 radical (unpaired) electrons. The van der Waals surface area contributed by atoms with Crippen LogP contribution in [0.25, 0.3) is 10.8 Å². The molecule has 20 heteroatoms. The van der Waals surface area contributed by atoms with Gasteiger partial charge in [-0.15, -0.1) is 0 Å². The summed E-state index contributed by atoms with van der Waals surface area (Å²) in [7, 11) is -15.3. The average molecular weight is 599 g/mol. The topological polar surface area (TPSA) is 241 Å². The fraction of sp³-hybridized carbons (Fsp3) is 0. The van der Waals surface area contributed by atoms with Gasteiger partial charge >= 0.3 is 88.7 Å². The van der Waals surface area contributed by atoms with E-state index in [1.807, 2.05) is 0 Å². The molecule has 37 heavy (non-hydrogen) atoms. The molecule has 0 bridgehead atoms. The van der Waals surface area contributed by atoms with Gasteiger partial charge in [0.1, 0.15) is 25.1 Å². The summed E-state index contributed by atoms with van der Waals surface area (Å²) in [5, 5.41) is 12.7. The van der Waals surface area contributed by atoms with Crippen LogP contribution in [-0.4, -0.2) is 49.7 Å². The number of nitrogens with zero attached hydrogens (tertiary/aromatic N) is 1. The number of nitro benzene ring substituents is 1. The molecule has 0 aliphatic carbocycles. The van der Waals surface area contributed by atoms with Gasteiger partial charge in [0, 0.05) is 17.5 Å². The van der Waals surface area contributed by atoms with Gasteiger partial charge in [0.15, 0.2) is 0 Å². The van der Waals surface area contributed by atoms with Crippen molar-refractivity contribution in [2.24, 2.45) is 0 Å². The Bertz CT molecular complexity index is 1700. The summed E-state index contributed by atoms with van der Waals surface area (Å²) in [6.45, 7) is 0. The minimum Gasteiger partial charge on any atom is -0.744 e. The number of carbonyl (C=O) groups is 1. The Labute approximate surface area is 276 Å². The van der Waals surface area contributed by atoms with Crippen molar-refractivity contribution in [3.8, 4) is 0 Å². The molecule has 3 aromatic rings. The normalized spacial score (nSPS) is 11.4. The Morgan fingerprint density at radius 1 is 0.811 bits per heavy atom. The molecule has 3 aromatic carbocycles. The zero-order valence-corrected chi connectivity index (χ0v) is 27.7. The van der Waals surface area contributed by atoms with Crippen molar-refractivity contribution in [2.75, 3.05) is 5.32 Å². The van der Waals surface area contributed by atoms with E-state index in [0.29, 0.717) is 12.1 Å². The second-order valence-corrected chi connectivity index (χ2v) is 10.8. The van der Waals surface area contributed by atoms with Crippen LogP contribution in [0.4, 0.5) is 11.4 Å². The maximum Gasteiger partial charge on any atom is 1.00 e. The third-order valence-corrected chi connectivity index (χ3v) is 6.96. The summed E-state index contributed by atoms with van der Waals surface area (Å²) in [6, 6.07) is 6.01. The minimum atomic E-state index is -5.15. The monoisotopic (exact) mass is 599 g/mol. The van der Waals surface area contributed by atoms with E-state index >= 15 is 0 Å². The Kier molecular flexibility index (Phi) is 13.1. The third-order valence-electron chi connectivity index (χ3n) is 4.42. The fourth-order valence-electron chi connectivity index (χ4n) is 2.94. The maximum absolute atomic E-state index is 12.8. The van der Waals surface area contributed by atoms with Gasteiger partial charge in [-0.25, -0.2) is 16.8 Å². The van der Waals surface area contributed by atoms with Crippen molar-refractivity contribution in [3.63, 3.8) is 0 Å². The Hall–Kier alpha value is -0.480. The van der Waals surface area contributed by atoms with Crippen LogP contribution in [0.1, 0.15) is 10.4 Å². The Balaban J connectivity index is 0.00000432. The first-order chi connectivity index (χ1) is 15.5. The molecule has 1 amide bonds. The van der Waals surface area contributed by atoms with Gasteiger partial charge in [-0.3, -0.25) is 19.5 Å². The molecular formula is C17H10N2Na3O12S3+. The standard InChI is InChI=1S/C17H12N2O12S3.3Na/c20-17(14-3-1-10(19(21)22)7-16(14)34(29,30)31)18-15-8-12(33(26,27)28)6-9-5-11(32(23,24)25)2-4-13(9)15;;;/h1-8H,(H,18,20)(H,23,24,25)(H,26,27,28)(H,29,30,31);;;/q;3*+1/p-2. The number of nitro groups is 1. The van der Waals surface area contributed by atoms with Crippen LogP contribution in [0.15, 0.2) is 63.2 Å². The van der Waals surface area contributed by atoms with Crippen LogP contribution < -0.4 is 94.0 Å². The Morgan fingerprint density at radius 3 is 1.84 bits per heavy atom. The molecule has 0 atom stereocenters. The molecule has 0 heterocycles. The molecule has 2 N–H and O–H groups in total. The zero-order chi connectivity index (χ0) is 25.6. The van der Waals surface area contributed by atoms with Crippen molar-refractivity contribution in [1.82, 2.24) is 0 Å². The van der Waals surface area contributed by atoms with Crippen LogP contribution >= 0.6 is 0 Å². The van der Waals surface area contributed by atoms with Gasteiger partial charge in [-0.1, -0.05) is 6.07 Å². The molecule has 0 aromatic heterocycles. The fourth-order valence-corrected chi connectivity index (χ4v) is 4.69. The number of anilines is 1. The summed E-state index contributed by atoms with van der Waals surface area (Å²) in [5.74, 6) is -1.29. The quantitative estimate of drug-likeness (QED) is 0.116. The molecule has 0 fully saturated rings. The second-order valence-electron chi connectivity index (χ2n) is 6.63. The molecule has 3 rings (SSSR count). The van der Waals surface area contributed by atoms with Crippen LogP contribution in [-0.2, 0) is 30.4 Å². The summed E-state index contributed by atoms with van der Waals surface area (Å²) in [6.07, 6.45) is 0. The number of carbonyl (C=O) groups excluding carboxylic acids is 1. The van der Waals surface area contributed by atoms with Crippen molar-refractivity contribution >= 4 is 58.4 Å². The van der Waals surface area contributed by atoms with Crippen molar-refractivity contribution in [3.05, 3.63) is 64.2 Å². The molecule has 0 spiro atoms. The number of rotatable bonds is 6. The third kappa shape index (κ3) is 8.75. The van der Waals surface area contributed by atoms with Crippen LogP contribution in [0.2, 0.25) is 0 Å². The SMILES string of the molecule is O=C(Nc1cc(S(=O)(=O)[O-])cc2cc(S(=O)(=O)[O-])ccc12)c1ccc([N+](=O)[O-])cc1S(=O)(=O)O.[Na+].[Na+].[Na+]. The van der Waals surface area contributed by atoms with E-state index in [4.69, 9.17) is 0 Å². The molecule has 0 aliphatic heterocycles. The van der Waals surface area contributed by atoms with E-state index in [0.717, 1.165) is 36.4 Å². The van der Waals surface area contributed by atoms with Crippen LogP contribution in [0.3, 0.4) is 0 Å². The maximum atomic E-state index is 12.8. The molecule has 180 valence electrons. The smallest absolute Gasteiger partial charge is 0.744 e. The first kappa shape index (κ1) is 36.5. The van der Waals surface area contributed by atoms with Gasteiger partial charge in [-0.2, -0.15) is 8.42 Å². The molecule has 0 saturated heterocycles. The minimum absolute atomic E-state index is 0. The van der Waals surface area contributed by atoms with Crippen molar-refractivity contribution < 1.29 is 137 Å². The number of benzene rings is 3. The molecular weight excluding hydrogens is 589 g/mol. The van der Waals surface area contributed by atoms with Gasteiger partial charge in [-0.05, 0) is 35.7 Å². The van der Waals surface area contributed by atoms with E-state index in [1.54, 1.807) is 0 Å². The van der Waals surface area contributed by atoms with Crippen LogP contribution in [0, 0.1) is 10.1 Å². The predicted octanol–water partition coefficient (Wildman–Crippen LogP) is -7.93.